The van der Waals surface area contributed by atoms with Crippen molar-refractivity contribution in [3.63, 3.8) is 0 Å². The van der Waals surface area contributed by atoms with Gasteiger partial charge in [0.15, 0.2) is 0 Å². The van der Waals surface area contributed by atoms with Gasteiger partial charge in [-0.3, -0.25) is 0 Å². The Morgan fingerprint density at radius 1 is 0.500 bits per heavy atom. The third-order valence-corrected chi connectivity index (χ3v) is 6.75. The van der Waals surface area contributed by atoms with Crippen LogP contribution in [0.4, 0.5) is 25.2 Å². The Kier molecular flexibility index (Phi) is 5.65. The molecule has 0 atom stereocenters. The molecule has 0 bridgehead atoms. The van der Waals surface area contributed by atoms with Gasteiger partial charge in [0, 0.05) is 7.92 Å². The first-order valence-corrected chi connectivity index (χ1v) is 9.79. The summed E-state index contributed by atoms with van der Waals surface area (Å²) < 4.78 is 59.2. The van der Waals surface area contributed by atoms with Gasteiger partial charge in [0.05, 0.1) is 15.5 Å². The summed E-state index contributed by atoms with van der Waals surface area (Å²) in [4.78, 5) is 0. The van der Waals surface area contributed by atoms with Gasteiger partial charge in [0.1, 0.15) is 0 Å². The molecule has 128 valence electrons. The first kappa shape index (κ1) is 22.7. The van der Waals surface area contributed by atoms with E-state index in [9.17, 15) is 25.2 Å². The van der Waals surface area contributed by atoms with E-state index in [2.05, 4.69) is 62.3 Å². The van der Waals surface area contributed by atoms with E-state index in [1.807, 2.05) is 0 Å². The molecule has 0 radical (unpaired) electrons. The monoisotopic (exact) mass is 348 g/mol. The fourth-order valence-electron chi connectivity index (χ4n) is 3.38. The number of halogens is 6. The average molecular weight is 348 g/mol. The molecule has 0 spiro atoms. The van der Waals surface area contributed by atoms with Gasteiger partial charge in [-0.1, -0.05) is 0 Å². The van der Waals surface area contributed by atoms with Gasteiger partial charge in [0.2, 0.25) is 0 Å². The van der Waals surface area contributed by atoms with E-state index >= 15 is 0 Å². The van der Waals surface area contributed by atoms with Gasteiger partial charge in [-0.2, -0.15) is 0 Å². The molecule has 0 aromatic carbocycles. The molecule has 0 saturated carbocycles. The van der Waals surface area contributed by atoms with Crippen LogP contribution in [0.2, 0.25) is 0 Å². The van der Waals surface area contributed by atoms with Crippen LogP contribution in [0, 0.1) is 0 Å². The Labute approximate surface area is 119 Å². The number of hydrogen-bond acceptors (Lipinski definition) is 0. The summed E-state index contributed by atoms with van der Waals surface area (Å²) in [6.45, 7) is 21.6. The molecule has 0 fully saturated rings. The van der Waals surface area contributed by atoms with Crippen molar-refractivity contribution in [2.45, 2.75) is 77.8 Å². The van der Waals surface area contributed by atoms with E-state index in [0.29, 0.717) is 15.5 Å². The Morgan fingerprint density at radius 2 is 0.600 bits per heavy atom. The summed E-state index contributed by atoms with van der Waals surface area (Å²) in [5, 5.41) is 1.46. The molecule has 0 nitrogen and oxygen atoms in total. The van der Waals surface area contributed by atoms with Crippen molar-refractivity contribution in [1.29, 1.82) is 0 Å². The topological polar surface area (TPSA) is 0 Å². The summed E-state index contributed by atoms with van der Waals surface area (Å²) in [7, 11) is -11.0. The van der Waals surface area contributed by atoms with Gasteiger partial charge in [-0.15, -0.1) is 0 Å². The first-order chi connectivity index (χ1) is 7.82. The van der Waals surface area contributed by atoms with Crippen LogP contribution in [0.1, 0.15) is 62.3 Å². The fraction of sp³-hybridized carbons (Fsp3) is 1.00. The third kappa shape index (κ3) is 16.5. The quantitative estimate of drug-likeness (QED) is 0.307. The second-order valence-electron chi connectivity index (χ2n) is 8.08. The zero-order valence-corrected chi connectivity index (χ0v) is 15.6. The average Bonchev–Trinajstić information content (AvgIpc) is 1.60. The van der Waals surface area contributed by atoms with Gasteiger partial charge in [-0.25, -0.2) is 0 Å². The Morgan fingerprint density at radius 3 is 0.600 bits per heavy atom. The molecule has 20 heavy (non-hydrogen) atoms. The normalized spacial score (nSPS) is 18.0. The summed E-state index contributed by atoms with van der Waals surface area (Å²) in [6, 6.07) is 0. The molecular weight excluding hydrogens is 320 g/mol. The zero-order valence-electron chi connectivity index (χ0n) is 13.7. The second-order valence-corrected chi connectivity index (χ2v) is 15.2. The molecule has 0 heterocycles. The molecule has 0 amide bonds. The van der Waals surface area contributed by atoms with Crippen molar-refractivity contribution in [3.05, 3.63) is 0 Å². The molecule has 0 aromatic heterocycles. The first-order valence-electron chi connectivity index (χ1n) is 6.26. The van der Waals surface area contributed by atoms with Crippen molar-refractivity contribution in [3.8, 4) is 0 Å². The Bertz CT molecular complexity index is 278. The molecule has 0 N–H and O–H groups in total. The van der Waals surface area contributed by atoms with Crippen molar-refractivity contribution in [1.82, 2.24) is 0 Å². The van der Waals surface area contributed by atoms with E-state index < -0.39 is 15.7 Å². The number of hydrogen-bond donors (Lipinski definition) is 0. The Balaban J connectivity index is 0. The van der Waals surface area contributed by atoms with E-state index in [4.69, 9.17) is 0 Å². The molecule has 0 aromatic rings. The van der Waals surface area contributed by atoms with Crippen LogP contribution in [-0.2, 0) is 0 Å². The van der Waals surface area contributed by atoms with Crippen LogP contribution in [-0.4, -0.2) is 15.5 Å². The van der Waals surface area contributed by atoms with E-state index in [0.717, 1.165) is 0 Å². The molecule has 0 aliphatic carbocycles. The predicted molar refractivity (Wildman–Crippen MR) is 81.1 cm³/mol. The van der Waals surface area contributed by atoms with E-state index in [1.165, 1.54) is 0 Å². The summed E-state index contributed by atoms with van der Waals surface area (Å²) in [5.41, 5.74) is 0. The van der Waals surface area contributed by atoms with Crippen LogP contribution in [0.3, 0.4) is 0 Å². The standard InChI is InChI=1S/C12H27P.F6P/c1-10(2,3)13(11(4,5)6)12(7,8)9;1-7(2,3,4,5)6/h1-9H3;/q;-1/p+1. The molecule has 0 aliphatic rings. The second kappa shape index (κ2) is 4.98. The predicted octanol–water partition coefficient (Wildman–Crippen LogP) is 7.98. The number of rotatable bonds is 0. The van der Waals surface area contributed by atoms with Crippen molar-refractivity contribution in [2.24, 2.45) is 0 Å². The molecule has 0 unspecified atom stereocenters. The van der Waals surface area contributed by atoms with E-state index in [1.54, 1.807) is 0 Å². The van der Waals surface area contributed by atoms with Crippen LogP contribution in [0.5, 0.6) is 0 Å². The van der Waals surface area contributed by atoms with Gasteiger partial charge in [0.25, 0.3) is 0 Å². The van der Waals surface area contributed by atoms with Crippen molar-refractivity contribution < 1.29 is 25.2 Å². The molecule has 8 heteroatoms. The summed E-state index contributed by atoms with van der Waals surface area (Å²) in [6.07, 6.45) is 0. The van der Waals surface area contributed by atoms with Crippen LogP contribution >= 0.6 is 15.7 Å². The summed E-state index contributed by atoms with van der Waals surface area (Å²) >= 11 is 0. The fourth-order valence-corrected chi connectivity index (χ4v) is 10.1. The van der Waals surface area contributed by atoms with Gasteiger partial charge in [-0.05, 0) is 62.3 Å². The van der Waals surface area contributed by atoms with Gasteiger partial charge >= 0.3 is 33.0 Å². The van der Waals surface area contributed by atoms with Gasteiger partial charge < -0.3 is 0 Å². The molecular formula is C12H28F6P2. The molecule has 0 saturated heterocycles. The van der Waals surface area contributed by atoms with Crippen molar-refractivity contribution >= 4 is 15.7 Å². The van der Waals surface area contributed by atoms with Crippen LogP contribution in [0.25, 0.3) is 0 Å². The maximum atomic E-state index is 9.87. The third-order valence-electron chi connectivity index (χ3n) is 2.25. The minimum atomic E-state index is -10.7. The Hall–Kier alpha value is 0.440. The molecule has 0 rings (SSSR count). The van der Waals surface area contributed by atoms with Crippen LogP contribution in [0.15, 0.2) is 0 Å². The molecule has 0 aliphatic heterocycles. The van der Waals surface area contributed by atoms with Crippen molar-refractivity contribution in [2.75, 3.05) is 0 Å². The zero-order chi connectivity index (χ0) is 17.5. The summed E-state index contributed by atoms with van der Waals surface area (Å²) in [5.74, 6) is 0. The van der Waals surface area contributed by atoms with Crippen LogP contribution < -0.4 is 0 Å². The maximum absolute atomic E-state index is 10.7. The SMILES string of the molecule is CC(C)(C)[PH+](C(C)(C)C)C(C)(C)C.F[P-](F)(F)(F)(F)F. The van der Waals surface area contributed by atoms with E-state index in [-0.39, 0.29) is 0 Å². The minimum absolute atomic E-state index is 0.391.